The third-order valence-corrected chi connectivity index (χ3v) is 2.54. The molecule has 0 aromatic carbocycles. The van der Waals surface area contributed by atoms with Crippen molar-refractivity contribution in [2.75, 3.05) is 31.9 Å². The fourth-order valence-corrected chi connectivity index (χ4v) is 1.68. The van der Waals surface area contributed by atoms with Crippen LogP contribution in [0.25, 0.3) is 0 Å². The highest BCUT2D eigenvalue weighted by atomic mass is 15.2. The second-order valence-corrected chi connectivity index (χ2v) is 3.60. The van der Waals surface area contributed by atoms with Gasteiger partial charge < -0.3 is 11.1 Å². The molecule has 1 fully saturated rings. The first-order valence-electron chi connectivity index (χ1n) is 4.98. The molecule has 0 saturated carbocycles. The molecular weight excluding hydrogens is 176 g/mol. The summed E-state index contributed by atoms with van der Waals surface area (Å²) in [4.78, 5) is 6.48. The lowest BCUT2D eigenvalue weighted by Gasteiger charge is -2.27. The molecule has 1 aliphatic heterocycles. The predicted octanol–water partition coefficient (Wildman–Crippen LogP) is 0.0690. The Kier molecular flexibility index (Phi) is 2.96. The van der Waals surface area contributed by atoms with Gasteiger partial charge in [0.25, 0.3) is 0 Å². The molecule has 0 aliphatic carbocycles. The molecule has 3 N–H and O–H groups in total. The second kappa shape index (κ2) is 4.39. The quantitative estimate of drug-likeness (QED) is 0.696. The van der Waals surface area contributed by atoms with Crippen LogP contribution < -0.4 is 11.1 Å². The maximum atomic E-state index is 5.86. The second-order valence-electron chi connectivity index (χ2n) is 3.60. The van der Waals surface area contributed by atoms with E-state index in [9.17, 15) is 0 Å². The van der Waals surface area contributed by atoms with Crippen LogP contribution in [0.3, 0.4) is 0 Å². The van der Waals surface area contributed by atoms with E-state index in [2.05, 4.69) is 15.2 Å². The zero-order valence-corrected chi connectivity index (χ0v) is 8.24. The first-order chi connectivity index (χ1) is 6.86. The van der Waals surface area contributed by atoms with Gasteiger partial charge in [0, 0.05) is 56.4 Å². The number of hydrogen-bond acceptors (Lipinski definition) is 4. The minimum atomic E-state index is 0.846. The van der Waals surface area contributed by atoms with Gasteiger partial charge >= 0.3 is 0 Å². The van der Waals surface area contributed by atoms with E-state index in [1.165, 1.54) is 0 Å². The van der Waals surface area contributed by atoms with Crippen LogP contribution in [-0.4, -0.2) is 36.1 Å². The summed E-state index contributed by atoms with van der Waals surface area (Å²) in [6.07, 6.45) is 3.59. The van der Waals surface area contributed by atoms with E-state index in [4.69, 9.17) is 5.73 Å². The molecule has 0 spiro atoms. The van der Waals surface area contributed by atoms with Gasteiger partial charge in [-0.05, 0) is 6.07 Å². The molecule has 1 aromatic heterocycles. The van der Waals surface area contributed by atoms with E-state index in [0.717, 1.165) is 44.0 Å². The molecular formula is C10H16N4. The Bertz CT molecular complexity index is 294. The van der Waals surface area contributed by atoms with E-state index in [1.54, 1.807) is 6.20 Å². The third-order valence-electron chi connectivity index (χ3n) is 2.54. The normalized spacial score (nSPS) is 18.3. The number of pyridine rings is 1. The highest BCUT2D eigenvalue weighted by molar-refractivity contribution is 5.44. The Morgan fingerprint density at radius 1 is 1.43 bits per heavy atom. The van der Waals surface area contributed by atoms with E-state index in [1.807, 2.05) is 12.3 Å². The number of nitrogens with one attached hydrogen (secondary N) is 1. The van der Waals surface area contributed by atoms with E-state index < -0.39 is 0 Å². The lowest BCUT2D eigenvalue weighted by Crippen LogP contribution is -2.43. The van der Waals surface area contributed by atoms with Crippen LogP contribution in [0.5, 0.6) is 0 Å². The minimum Gasteiger partial charge on any atom is -0.398 e. The third kappa shape index (κ3) is 2.21. The van der Waals surface area contributed by atoms with Gasteiger partial charge in [-0.2, -0.15) is 0 Å². The van der Waals surface area contributed by atoms with E-state index in [0.29, 0.717) is 0 Å². The summed E-state index contributed by atoms with van der Waals surface area (Å²) >= 11 is 0. The lowest BCUT2D eigenvalue weighted by atomic mass is 10.2. The Morgan fingerprint density at radius 2 is 2.21 bits per heavy atom. The van der Waals surface area contributed by atoms with Crippen molar-refractivity contribution in [1.82, 2.24) is 15.2 Å². The van der Waals surface area contributed by atoms with Gasteiger partial charge in [-0.3, -0.25) is 9.88 Å². The lowest BCUT2D eigenvalue weighted by molar-refractivity contribution is 0.233. The molecule has 1 saturated heterocycles. The highest BCUT2D eigenvalue weighted by Gasteiger charge is 2.10. The Morgan fingerprint density at radius 3 is 2.93 bits per heavy atom. The topological polar surface area (TPSA) is 54.2 Å². The number of nitrogens with zero attached hydrogens (tertiary/aromatic N) is 2. The number of nitrogen functional groups attached to an aromatic ring is 1. The molecule has 76 valence electrons. The van der Waals surface area contributed by atoms with Gasteiger partial charge in [0.2, 0.25) is 0 Å². The summed E-state index contributed by atoms with van der Waals surface area (Å²) < 4.78 is 0. The Labute approximate surface area is 84.1 Å². The molecule has 0 radical (unpaired) electrons. The molecule has 4 heteroatoms. The number of aromatic nitrogens is 1. The molecule has 0 unspecified atom stereocenters. The van der Waals surface area contributed by atoms with Crippen molar-refractivity contribution in [3.63, 3.8) is 0 Å². The van der Waals surface area contributed by atoms with Crippen LogP contribution in [0, 0.1) is 0 Å². The average Bonchev–Trinajstić information content (AvgIpc) is 2.23. The summed E-state index contributed by atoms with van der Waals surface area (Å²) in [5.74, 6) is 0. The molecule has 1 aromatic rings. The SMILES string of the molecule is Nc1ccncc1CN1CCNCC1. The maximum Gasteiger partial charge on any atom is 0.0390 e. The summed E-state index contributed by atoms with van der Waals surface area (Å²) in [7, 11) is 0. The van der Waals surface area contributed by atoms with Crippen molar-refractivity contribution in [1.29, 1.82) is 0 Å². The number of hydrogen-bond donors (Lipinski definition) is 2. The Balaban J connectivity index is 1.99. The van der Waals surface area contributed by atoms with Crippen LogP contribution in [0.15, 0.2) is 18.5 Å². The summed E-state index contributed by atoms with van der Waals surface area (Å²) in [6.45, 7) is 5.24. The van der Waals surface area contributed by atoms with Crippen molar-refractivity contribution >= 4 is 5.69 Å². The molecule has 2 rings (SSSR count). The largest absolute Gasteiger partial charge is 0.398 e. The van der Waals surface area contributed by atoms with Gasteiger partial charge in [0.05, 0.1) is 0 Å². The number of piperazine rings is 1. The fourth-order valence-electron chi connectivity index (χ4n) is 1.68. The molecule has 1 aliphatic rings. The summed E-state index contributed by atoms with van der Waals surface area (Å²) in [6, 6.07) is 1.86. The summed E-state index contributed by atoms with van der Waals surface area (Å²) in [5, 5.41) is 3.33. The van der Waals surface area contributed by atoms with Gasteiger partial charge in [-0.15, -0.1) is 0 Å². The number of rotatable bonds is 2. The zero-order valence-electron chi connectivity index (χ0n) is 8.24. The molecule has 0 atom stereocenters. The van der Waals surface area contributed by atoms with Crippen LogP contribution in [0.4, 0.5) is 5.69 Å². The number of nitrogens with two attached hydrogens (primary N) is 1. The molecule has 0 amide bonds. The van der Waals surface area contributed by atoms with Crippen molar-refractivity contribution < 1.29 is 0 Å². The zero-order chi connectivity index (χ0) is 9.80. The Hall–Kier alpha value is -1.13. The summed E-state index contributed by atoms with van der Waals surface area (Å²) in [5.41, 5.74) is 7.83. The minimum absolute atomic E-state index is 0.846. The van der Waals surface area contributed by atoms with Crippen LogP contribution >= 0.6 is 0 Å². The number of anilines is 1. The average molecular weight is 192 g/mol. The molecule has 4 nitrogen and oxygen atoms in total. The van der Waals surface area contributed by atoms with Crippen LogP contribution in [0.1, 0.15) is 5.56 Å². The van der Waals surface area contributed by atoms with Crippen molar-refractivity contribution in [2.24, 2.45) is 0 Å². The first-order valence-corrected chi connectivity index (χ1v) is 4.98. The predicted molar refractivity (Wildman–Crippen MR) is 56.8 cm³/mol. The standard InChI is InChI=1S/C10H16N4/c11-10-1-2-13-7-9(10)8-14-5-3-12-4-6-14/h1-2,7,12H,3-6,8H2,(H2,11,13). The van der Waals surface area contributed by atoms with Crippen molar-refractivity contribution in [3.05, 3.63) is 24.0 Å². The molecule has 2 heterocycles. The van der Waals surface area contributed by atoms with Crippen LogP contribution in [0.2, 0.25) is 0 Å². The molecule has 14 heavy (non-hydrogen) atoms. The smallest absolute Gasteiger partial charge is 0.0390 e. The van der Waals surface area contributed by atoms with Gasteiger partial charge in [-0.1, -0.05) is 0 Å². The van der Waals surface area contributed by atoms with Gasteiger partial charge in [0.1, 0.15) is 0 Å². The molecule has 0 bridgehead atoms. The monoisotopic (exact) mass is 192 g/mol. The van der Waals surface area contributed by atoms with E-state index in [-0.39, 0.29) is 0 Å². The highest BCUT2D eigenvalue weighted by Crippen LogP contribution is 2.11. The van der Waals surface area contributed by atoms with Crippen molar-refractivity contribution in [3.8, 4) is 0 Å². The van der Waals surface area contributed by atoms with E-state index >= 15 is 0 Å². The van der Waals surface area contributed by atoms with Crippen molar-refractivity contribution in [2.45, 2.75) is 6.54 Å². The van der Waals surface area contributed by atoms with Crippen LogP contribution in [-0.2, 0) is 6.54 Å². The maximum absolute atomic E-state index is 5.86. The fraction of sp³-hybridized carbons (Fsp3) is 0.500. The first kappa shape index (κ1) is 9.43. The van der Waals surface area contributed by atoms with Gasteiger partial charge in [0.15, 0.2) is 0 Å². The van der Waals surface area contributed by atoms with Gasteiger partial charge in [-0.25, -0.2) is 0 Å².